The Morgan fingerprint density at radius 2 is 1.63 bits per heavy atom. The van der Waals surface area contributed by atoms with Crippen LogP contribution >= 0.6 is 15.9 Å². The van der Waals surface area contributed by atoms with Gasteiger partial charge in [0.25, 0.3) is 0 Å². The standard InChI is InChI=1S/C15H15BrO3/c1-9-13(12(17)8-16)15(19-3)11-7-5-4-6-10(11)14(9)18-2/h4-7H,8H2,1-3H3. The molecule has 0 heterocycles. The van der Waals surface area contributed by atoms with E-state index in [1.165, 1.54) is 0 Å². The molecule has 0 unspecified atom stereocenters. The van der Waals surface area contributed by atoms with Crippen LogP contribution in [0.4, 0.5) is 0 Å². The first-order valence-electron chi connectivity index (χ1n) is 5.88. The summed E-state index contributed by atoms with van der Waals surface area (Å²) in [6.45, 7) is 1.88. The number of carbonyl (C=O) groups excluding carboxylic acids is 1. The maximum Gasteiger partial charge on any atom is 0.177 e. The largest absolute Gasteiger partial charge is 0.496 e. The highest BCUT2D eigenvalue weighted by atomic mass is 79.9. The van der Waals surface area contributed by atoms with E-state index in [0.717, 1.165) is 22.1 Å². The molecule has 0 aromatic heterocycles. The summed E-state index contributed by atoms with van der Waals surface area (Å²) in [5.41, 5.74) is 1.39. The van der Waals surface area contributed by atoms with Crippen LogP contribution in [0.3, 0.4) is 0 Å². The zero-order valence-corrected chi connectivity index (χ0v) is 12.7. The minimum Gasteiger partial charge on any atom is -0.496 e. The van der Waals surface area contributed by atoms with Crippen molar-refractivity contribution >= 4 is 32.5 Å². The molecule has 100 valence electrons. The summed E-state index contributed by atoms with van der Waals surface area (Å²) < 4.78 is 10.9. The first-order chi connectivity index (χ1) is 9.15. The van der Waals surface area contributed by atoms with E-state index in [1.54, 1.807) is 14.2 Å². The predicted octanol–water partition coefficient (Wildman–Crippen LogP) is 3.74. The van der Waals surface area contributed by atoms with Gasteiger partial charge >= 0.3 is 0 Å². The third kappa shape index (κ3) is 2.21. The lowest BCUT2D eigenvalue weighted by molar-refractivity contribution is 0.102. The first-order valence-corrected chi connectivity index (χ1v) is 7.00. The van der Waals surface area contributed by atoms with Gasteiger partial charge in [0, 0.05) is 16.3 Å². The third-order valence-corrected chi connectivity index (χ3v) is 3.68. The van der Waals surface area contributed by atoms with Crippen molar-refractivity contribution in [1.82, 2.24) is 0 Å². The van der Waals surface area contributed by atoms with Gasteiger partial charge in [0.1, 0.15) is 11.5 Å². The van der Waals surface area contributed by atoms with Crippen LogP contribution in [-0.4, -0.2) is 25.3 Å². The van der Waals surface area contributed by atoms with Crippen LogP contribution in [0.25, 0.3) is 10.8 Å². The molecule has 0 aliphatic carbocycles. The van der Waals surface area contributed by atoms with E-state index in [0.29, 0.717) is 11.3 Å². The number of ether oxygens (including phenoxy) is 2. The number of rotatable bonds is 4. The minimum absolute atomic E-state index is 0.0154. The van der Waals surface area contributed by atoms with Gasteiger partial charge in [0.2, 0.25) is 0 Å². The van der Waals surface area contributed by atoms with E-state index in [9.17, 15) is 4.79 Å². The number of halogens is 1. The van der Waals surface area contributed by atoms with E-state index < -0.39 is 0 Å². The second kappa shape index (κ2) is 5.61. The Balaban J connectivity index is 2.95. The Kier molecular flexibility index (Phi) is 4.10. The van der Waals surface area contributed by atoms with E-state index in [4.69, 9.17) is 9.47 Å². The van der Waals surface area contributed by atoms with Crippen molar-refractivity contribution in [2.45, 2.75) is 6.92 Å². The number of hydrogen-bond acceptors (Lipinski definition) is 3. The summed E-state index contributed by atoms with van der Waals surface area (Å²) in [6.07, 6.45) is 0. The molecule has 0 spiro atoms. The van der Waals surface area contributed by atoms with Crippen LogP contribution in [0, 0.1) is 6.92 Å². The third-order valence-electron chi connectivity index (χ3n) is 3.17. The highest BCUT2D eigenvalue weighted by molar-refractivity contribution is 9.09. The predicted molar refractivity (Wildman–Crippen MR) is 79.9 cm³/mol. The molecule has 0 aliphatic heterocycles. The molecule has 0 N–H and O–H groups in total. The molecule has 2 rings (SSSR count). The number of Topliss-reactive ketones (excluding diaryl/α,β-unsaturated/α-hetero) is 1. The van der Waals surface area contributed by atoms with Crippen LogP contribution in [0.1, 0.15) is 15.9 Å². The molecule has 0 aliphatic rings. The fraction of sp³-hybridized carbons (Fsp3) is 0.267. The normalized spacial score (nSPS) is 10.5. The summed E-state index contributed by atoms with van der Waals surface area (Å²) in [5, 5.41) is 2.09. The fourth-order valence-corrected chi connectivity index (χ4v) is 2.66. The summed E-state index contributed by atoms with van der Waals surface area (Å²) in [6, 6.07) is 7.75. The summed E-state index contributed by atoms with van der Waals surface area (Å²) in [5.74, 6) is 1.32. The van der Waals surface area contributed by atoms with Gasteiger partial charge in [-0.1, -0.05) is 40.2 Å². The SMILES string of the molecule is COc1c(C)c(C(=O)CBr)c(OC)c2ccccc12. The Bertz CT molecular complexity index is 635. The number of fused-ring (bicyclic) bond motifs is 1. The summed E-state index contributed by atoms with van der Waals surface area (Å²) in [7, 11) is 3.20. The van der Waals surface area contributed by atoms with Gasteiger partial charge in [-0.3, -0.25) is 4.79 Å². The zero-order valence-electron chi connectivity index (χ0n) is 11.1. The van der Waals surface area contributed by atoms with Crippen molar-refractivity contribution in [3.63, 3.8) is 0 Å². The van der Waals surface area contributed by atoms with Crippen molar-refractivity contribution in [3.8, 4) is 11.5 Å². The molecule has 2 aromatic rings. The molecule has 3 nitrogen and oxygen atoms in total. The maximum absolute atomic E-state index is 12.1. The molecular weight excluding hydrogens is 308 g/mol. The van der Waals surface area contributed by atoms with E-state index in [1.807, 2.05) is 31.2 Å². The van der Waals surface area contributed by atoms with E-state index in [-0.39, 0.29) is 11.1 Å². The molecular formula is C15H15BrO3. The Morgan fingerprint density at radius 3 is 2.11 bits per heavy atom. The lowest BCUT2D eigenvalue weighted by Crippen LogP contribution is -2.08. The molecule has 0 radical (unpaired) electrons. The smallest absolute Gasteiger partial charge is 0.177 e. The molecule has 19 heavy (non-hydrogen) atoms. The first kappa shape index (κ1) is 13.9. The van der Waals surface area contributed by atoms with Crippen LogP contribution in [0.5, 0.6) is 11.5 Å². The zero-order chi connectivity index (χ0) is 14.0. The highest BCUT2D eigenvalue weighted by Crippen LogP contribution is 2.40. The monoisotopic (exact) mass is 322 g/mol. The Labute approximate surface area is 120 Å². The van der Waals surface area contributed by atoms with Crippen LogP contribution < -0.4 is 9.47 Å². The van der Waals surface area contributed by atoms with Crippen molar-refractivity contribution < 1.29 is 14.3 Å². The number of hydrogen-bond donors (Lipinski definition) is 0. The van der Waals surface area contributed by atoms with Gasteiger partial charge in [0.05, 0.1) is 25.1 Å². The average molecular weight is 323 g/mol. The minimum atomic E-state index is -0.0154. The fourth-order valence-electron chi connectivity index (χ4n) is 2.38. The molecule has 0 saturated heterocycles. The van der Waals surface area contributed by atoms with Gasteiger partial charge in [-0.2, -0.15) is 0 Å². The average Bonchev–Trinajstić information content (AvgIpc) is 2.45. The number of ketones is 1. The van der Waals surface area contributed by atoms with Crippen molar-refractivity contribution in [2.75, 3.05) is 19.5 Å². The summed E-state index contributed by atoms with van der Waals surface area (Å²) in [4.78, 5) is 12.1. The lowest BCUT2D eigenvalue weighted by Gasteiger charge is -2.17. The molecule has 0 fully saturated rings. The molecule has 4 heteroatoms. The number of methoxy groups -OCH3 is 2. The van der Waals surface area contributed by atoms with Crippen molar-refractivity contribution in [2.24, 2.45) is 0 Å². The topological polar surface area (TPSA) is 35.5 Å². The molecule has 0 bridgehead atoms. The number of alkyl halides is 1. The van der Waals surface area contributed by atoms with Gasteiger partial charge in [-0.05, 0) is 6.92 Å². The van der Waals surface area contributed by atoms with Crippen molar-refractivity contribution in [3.05, 3.63) is 35.4 Å². The molecule has 2 aromatic carbocycles. The molecule has 0 atom stereocenters. The Hall–Kier alpha value is -1.55. The number of benzene rings is 2. The van der Waals surface area contributed by atoms with E-state index >= 15 is 0 Å². The van der Waals surface area contributed by atoms with Gasteiger partial charge < -0.3 is 9.47 Å². The van der Waals surface area contributed by atoms with Crippen LogP contribution in [-0.2, 0) is 0 Å². The van der Waals surface area contributed by atoms with E-state index in [2.05, 4.69) is 15.9 Å². The lowest BCUT2D eigenvalue weighted by atomic mass is 9.96. The second-order valence-electron chi connectivity index (χ2n) is 4.17. The van der Waals surface area contributed by atoms with Crippen LogP contribution in [0.15, 0.2) is 24.3 Å². The summed E-state index contributed by atoms with van der Waals surface area (Å²) >= 11 is 3.21. The van der Waals surface area contributed by atoms with Crippen molar-refractivity contribution in [1.29, 1.82) is 0 Å². The van der Waals surface area contributed by atoms with Gasteiger partial charge in [-0.25, -0.2) is 0 Å². The van der Waals surface area contributed by atoms with Gasteiger partial charge in [0.15, 0.2) is 5.78 Å². The van der Waals surface area contributed by atoms with Gasteiger partial charge in [-0.15, -0.1) is 0 Å². The molecule has 0 amide bonds. The highest BCUT2D eigenvalue weighted by Gasteiger charge is 2.22. The maximum atomic E-state index is 12.1. The Morgan fingerprint density at radius 1 is 1.11 bits per heavy atom. The number of carbonyl (C=O) groups is 1. The van der Waals surface area contributed by atoms with Crippen LogP contribution in [0.2, 0.25) is 0 Å². The quantitative estimate of drug-likeness (QED) is 0.635. The molecule has 0 saturated carbocycles. The second-order valence-corrected chi connectivity index (χ2v) is 4.73.